The lowest BCUT2D eigenvalue weighted by atomic mass is 10.3. The Morgan fingerprint density at radius 3 is 3.06 bits per heavy atom. The van der Waals surface area contributed by atoms with Crippen molar-refractivity contribution in [2.45, 2.75) is 5.16 Å². The second kappa shape index (κ2) is 6.42. The van der Waals surface area contributed by atoms with Crippen molar-refractivity contribution in [3.63, 3.8) is 0 Å². The molecule has 0 atom stereocenters. The number of halogens is 1. The first-order valence-electron chi connectivity index (χ1n) is 5.16. The lowest BCUT2D eigenvalue weighted by Crippen LogP contribution is -2.01. The van der Waals surface area contributed by atoms with Crippen LogP contribution in [-0.2, 0) is 0 Å². The Bertz CT molecular complexity index is 543. The molecule has 0 saturated carbocycles. The van der Waals surface area contributed by atoms with E-state index < -0.39 is 0 Å². The molecule has 0 N–H and O–H groups in total. The fourth-order valence-electron chi connectivity index (χ4n) is 1.38. The molecular formula is C11H11ClN4OS. The minimum absolute atomic E-state index is 0.689. The van der Waals surface area contributed by atoms with Crippen LogP contribution in [0.2, 0.25) is 0 Å². The number of benzene rings is 1. The molecule has 1 heterocycles. The van der Waals surface area contributed by atoms with Crippen LogP contribution in [0.25, 0.3) is 5.69 Å². The number of methoxy groups -OCH3 is 1. The van der Waals surface area contributed by atoms with E-state index in [2.05, 4.69) is 15.5 Å². The van der Waals surface area contributed by atoms with Gasteiger partial charge in [0, 0.05) is 11.3 Å². The van der Waals surface area contributed by atoms with Gasteiger partial charge in [-0.25, -0.2) is 0 Å². The van der Waals surface area contributed by atoms with Crippen molar-refractivity contribution in [2.24, 2.45) is 0 Å². The molecule has 0 spiro atoms. The van der Waals surface area contributed by atoms with Crippen molar-refractivity contribution in [1.82, 2.24) is 20.2 Å². The predicted octanol–water partition coefficient (Wildman–Crippen LogP) is 2.52. The number of hydrogen-bond acceptors (Lipinski definition) is 5. The first-order valence-corrected chi connectivity index (χ1v) is 6.59. The van der Waals surface area contributed by atoms with Crippen LogP contribution in [0.5, 0.6) is 5.75 Å². The second-order valence-electron chi connectivity index (χ2n) is 3.22. The third-order valence-electron chi connectivity index (χ3n) is 2.15. The van der Waals surface area contributed by atoms with Crippen LogP contribution >= 0.6 is 23.4 Å². The summed E-state index contributed by atoms with van der Waals surface area (Å²) in [6.45, 7) is 0. The third kappa shape index (κ3) is 2.83. The summed E-state index contributed by atoms with van der Waals surface area (Å²) in [4.78, 5) is 0. The highest BCUT2D eigenvalue weighted by Gasteiger charge is 2.11. The first kappa shape index (κ1) is 12.9. The van der Waals surface area contributed by atoms with E-state index in [1.165, 1.54) is 17.3 Å². The summed E-state index contributed by atoms with van der Waals surface area (Å²) >= 11 is 6.97. The van der Waals surface area contributed by atoms with Gasteiger partial charge in [-0.05, 0) is 22.6 Å². The predicted molar refractivity (Wildman–Crippen MR) is 71.4 cm³/mol. The zero-order valence-corrected chi connectivity index (χ0v) is 11.2. The lowest BCUT2D eigenvalue weighted by Gasteiger charge is -2.08. The highest BCUT2D eigenvalue weighted by Crippen LogP contribution is 2.25. The maximum atomic E-state index is 5.47. The number of tetrazole rings is 1. The number of hydrogen-bond donors (Lipinski definition) is 0. The zero-order chi connectivity index (χ0) is 12.8. The van der Waals surface area contributed by atoms with Crippen molar-refractivity contribution in [3.8, 4) is 11.4 Å². The van der Waals surface area contributed by atoms with Crippen molar-refractivity contribution >= 4 is 23.4 Å². The monoisotopic (exact) mass is 282 g/mol. The maximum absolute atomic E-state index is 5.47. The average molecular weight is 283 g/mol. The molecule has 1 aromatic heterocycles. The fraction of sp³-hybridized carbons (Fsp3) is 0.182. The summed E-state index contributed by atoms with van der Waals surface area (Å²) in [5, 5.41) is 12.3. The molecule has 94 valence electrons. The van der Waals surface area contributed by atoms with Gasteiger partial charge in [0.1, 0.15) is 11.4 Å². The zero-order valence-electron chi connectivity index (χ0n) is 9.65. The van der Waals surface area contributed by atoms with Crippen molar-refractivity contribution in [2.75, 3.05) is 12.9 Å². The largest absolute Gasteiger partial charge is 0.494 e. The van der Waals surface area contributed by atoms with Gasteiger partial charge >= 0.3 is 0 Å². The van der Waals surface area contributed by atoms with E-state index in [0.29, 0.717) is 10.9 Å². The van der Waals surface area contributed by atoms with Crippen molar-refractivity contribution < 1.29 is 4.74 Å². The quantitative estimate of drug-likeness (QED) is 0.789. The van der Waals surface area contributed by atoms with E-state index in [4.69, 9.17) is 16.3 Å². The van der Waals surface area contributed by atoms with Gasteiger partial charge in [0.15, 0.2) is 0 Å². The van der Waals surface area contributed by atoms with E-state index in [9.17, 15) is 0 Å². The molecule has 0 amide bonds. The van der Waals surface area contributed by atoms with Gasteiger partial charge < -0.3 is 4.74 Å². The molecule has 18 heavy (non-hydrogen) atoms. The molecule has 0 aliphatic heterocycles. The Labute approximate surface area is 114 Å². The third-order valence-corrected chi connectivity index (χ3v) is 3.20. The van der Waals surface area contributed by atoms with Gasteiger partial charge in [-0.15, -0.1) is 5.10 Å². The molecule has 0 unspecified atom stereocenters. The fourth-order valence-corrected chi connectivity index (χ4v) is 2.27. The summed E-state index contributed by atoms with van der Waals surface area (Å²) in [5.41, 5.74) is 2.28. The molecular weight excluding hydrogens is 272 g/mol. The number of thioether (sulfide) groups is 1. The molecule has 0 bridgehead atoms. The molecule has 7 heteroatoms. The smallest absolute Gasteiger partial charge is 0.214 e. The summed E-state index contributed by atoms with van der Waals surface area (Å²) in [7, 11) is 1.62. The van der Waals surface area contributed by atoms with E-state index in [1.54, 1.807) is 11.8 Å². The Kier molecular flexibility index (Phi) is 4.60. The molecule has 0 radical (unpaired) electrons. The van der Waals surface area contributed by atoms with Gasteiger partial charge in [0.2, 0.25) is 5.16 Å². The normalized spacial score (nSPS) is 11.0. The topological polar surface area (TPSA) is 52.8 Å². The minimum Gasteiger partial charge on any atom is -0.494 e. The molecule has 2 rings (SSSR count). The first-order chi connectivity index (χ1) is 8.86. The highest BCUT2D eigenvalue weighted by molar-refractivity contribution is 7.99. The Balaban J connectivity index is 2.30. The van der Waals surface area contributed by atoms with Crippen LogP contribution in [-0.4, -0.2) is 33.1 Å². The van der Waals surface area contributed by atoms with Crippen molar-refractivity contribution in [1.29, 1.82) is 0 Å². The lowest BCUT2D eigenvalue weighted by molar-refractivity contribution is 0.410. The van der Waals surface area contributed by atoms with Gasteiger partial charge in [0.05, 0.1) is 7.11 Å². The Hall–Kier alpha value is -1.53. The van der Waals surface area contributed by atoms with Gasteiger partial charge in [-0.2, -0.15) is 4.68 Å². The number of ether oxygens (including phenoxy) is 1. The Morgan fingerprint density at radius 1 is 1.44 bits per heavy atom. The Morgan fingerprint density at radius 2 is 2.28 bits per heavy atom. The minimum atomic E-state index is 0.689. The summed E-state index contributed by atoms with van der Waals surface area (Å²) in [5.74, 6) is 1.43. The molecule has 0 aliphatic carbocycles. The van der Waals surface area contributed by atoms with Crippen LogP contribution in [0.3, 0.4) is 0 Å². The standard InChI is InChI=1S/C11H11ClN4OS/c1-17-10-6-3-2-5-9(10)16-11(13-14-15-16)18-8-4-7-12/h2-7H,8H2,1H3. The maximum Gasteiger partial charge on any atom is 0.214 e. The molecule has 0 fully saturated rings. The molecule has 1 aromatic carbocycles. The molecule has 5 nitrogen and oxygen atoms in total. The number of nitrogens with zero attached hydrogens (tertiary/aromatic N) is 4. The van der Waals surface area contributed by atoms with E-state index >= 15 is 0 Å². The SMILES string of the molecule is COc1ccccc1-n1nnnc1SCC=CCl. The number of aromatic nitrogens is 4. The summed E-state index contributed by atoms with van der Waals surface area (Å²) < 4.78 is 6.93. The molecule has 0 aliphatic rings. The van der Waals surface area contributed by atoms with Gasteiger partial charge in [-0.3, -0.25) is 0 Å². The van der Waals surface area contributed by atoms with E-state index in [-0.39, 0.29) is 0 Å². The van der Waals surface area contributed by atoms with Crippen molar-refractivity contribution in [3.05, 3.63) is 35.9 Å². The summed E-state index contributed by atoms with van der Waals surface area (Å²) in [6, 6.07) is 7.57. The van der Waals surface area contributed by atoms with Crippen LogP contribution in [0.4, 0.5) is 0 Å². The number of para-hydroxylation sites is 2. The van der Waals surface area contributed by atoms with Crippen LogP contribution in [0.15, 0.2) is 41.0 Å². The molecule has 2 aromatic rings. The summed E-state index contributed by atoms with van der Waals surface area (Å²) in [6.07, 6.45) is 1.83. The van der Waals surface area contributed by atoms with Gasteiger partial charge in [0.25, 0.3) is 0 Å². The average Bonchev–Trinajstić information content (AvgIpc) is 2.87. The van der Waals surface area contributed by atoms with Crippen LogP contribution in [0.1, 0.15) is 0 Å². The van der Waals surface area contributed by atoms with Gasteiger partial charge in [-0.1, -0.05) is 41.6 Å². The van der Waals surface area contributed by atoms with E-state index in [0.717, 1.165) is 11.4 Å². The van der Waals surface area contributed by atoms with E-state index in [1.807, 2.05) is 30.3 Å². The second-order valence-corrected chi connectivity index (χ2v) is 4.46. The van der Waals surface area contributed by atoms with Crippen LogP contribution in [0, 0.1) is 0 Å². The molecule has 0 saturated heterocycles. The highest BCUT2D eigenvalue weighted by atomic mass is 35.5. The van der Waals surface area contributed by atoms with Crippen LogP contribution < -0.4 is 4.74 Å². The number of rotatable bonds is 5.